The van der Waals surface area contributed by atoms with Gasteiger partial charge in [0.05, 0.1) is 18.8 Å². The average Bonchev–Trinajstić information content (AvgIpc) is 3.00. The molecule has 0 spiro atoms. The van der Waals surface area contributed by atoms with Crippen LogP contribution in [0.2, 0.25) is 0 Å². The van der Waals surface area contributed by atoms with Gasteiger partial charge in [-0.15, -0.1) is 5.10 Å². The van der Waals surface area contributed by atoms with Crippen molar-refractivity contribution in [2.45, 2.75) is 45.4 Å². The smallest absolute Gasteiger partial charge is 0.414 e. The number of carbonyl (C=O) groups excluding carboxylic acids is 1. The van der Waals surface area contributed by atoms with Crippen molar-refractivity contribution >= 4 is 6.09 Å². The fourth-order valence-corrected chi connectivity index (χ4v) is 2.88. The van der Waals surface area contributed by atoms with Gasteiger partial charge in [0.2, 0.25) is 0 Å². The summed E-state index contributed by atoms with van der Waals surface area (Å²) in [4.78, 5) is 13.8. The van der Waals surface area contributed by atoms with Crippen molar-refractivity contribution in [3.8, 4) is 0 Å². The van der Waals surface area contributed by atoms with Crippen LogP contribution >= 0.6 is 0 Å². The minimum atomic E-state index is -0.223. The predicted molar refractivity (Wildman–Crippen MR) is 63.5 cm³/mol. The molecule has 3 rings (SSSR count). The Hall–Kier alpha value is -1.85. The number of amides is 1. The van der Waals surface area contributed by atoms with Gasteiger partial charge < -0.3 is 4.74 Å². The zero-order valence-electron chi connectivity index (χ0n) is 10.5. The molecule has 1 aromatic heterocycles. The number of rotatable bonds is 3. The van der Waals surface area contributed by atoms with Gasteiger partial charge in [-0.2, -0.15) is 0 Å². The SMILES string of the molecule is CCC1=C(C)CC2C(Cn3ccnn3)OC(=O)N12. The largest absolute Gasteiger partial charge is 0.442 e. The maximum absolute atomic E-state index is 11.9. The number of carbonyl (C=O) groups is 1. The van der Waals surface area contributed by atoms with E-state index in [-0.39, 0.29) is 18.2 Å². The highest BCUT2D eigenvalue weighted by molar-refractivity contribution is 5.74. The van der Waals surface area contributed by atoms with Crippen molar-refractivity contribution in [2.24, 2.45) is 0 Å². The average molecular weight is 248 g/mol. The van der Waals surface area contributed by atoms with Crippen molar-refractivity contribution in [3.05, 3.63) is 23.7 Å². The van der Waals surface area contributed by atoms with Crippen LogP contribution in [0.15, 0.2) is 23.7 Å². The molecule has 18 heavy (non-hydrogen) atoms. The third-order valence-electron chi connectivity index (χ3n) is 3.68. The molecule has 6 nitrogen and oxygen atoms in total. The molecule has 2 aliphatic heterocycles. The molecule has 0 aromatic carbocycles. The third kappa shape index (κ3) is 1.60. The van der Waals surface area contributed by atoms with Crippen molar-refractivity contribution in [1.29, 1.82) is 0 Å². The molecule has 6 heteroatoms. The highest BCUT2D eigenvalue weighted by Crippen LogP contribution is 2.38. The summed E-state index contributed by atoms with van der Waals surface area (Å²) in [5.41, 5.74) is 2.41. The van der Waals surface area contributed by atoms with Crippen LogP contribution in [0.25, 0.3) is 0 Å². The number of allylic oxidation sites excluding steroid dienone is 1. The van der Waals surface area contributed by atoms with E-state index >= 15 is 0 Å². The molecule has 0 bridgehead atoms. The standard InChI is InChI=1S/C12H16N4O2/c1-3-9-8(2)6-10-11(18-12(17)16(9)10)7-15-5-4-13-14-15/h4-5,10-11H,3,6-7H2,1-2H3. The summed E-state index contributed by atoms with van der Waals surface area (Å²) in [5, 5.41) is 7.68. The number of hydrogen-bond acceptors (Lipinski definition) is 4. The first kappa shape index (κ1) is 11.3. The van der Waals surface area contributed by atoms with Gasteiger partial charge in [0, 0.05) is 11.9 Å². The normalized spacial score (nSPS) is 26.8. The summed E-state index contributed by atoms with van der Waals surface area (Å²) in [6.45, 7) is 4.73. The van der Waals surface area contributed by atoms with Crippen LogP contribution in [0, 0.1) is 0 Å². The Balaban J connectivity index is 1.80. The first-order valence-electron chi connectivity index (χ1n) is 6.23. The van der Waals surface area contributed by atoms with Crippen LogP contribution in [0.3, 0.4) is 0 Å². The minimum absolute atomic E-state index is 0.122. The van der Waals surface area contributed by atoms with E-state index in [1.54, 1.807) is 17.1 Å². The van der Waals surface area contributed by atoms with Gasteiger partial charge in [0.25, 0.3) is 0 Å². The van der Waals surface area contributed by atoms with Gasteiger partial charge in [-0.05, 0) is 19.8 Å². The lowest BCUT2D eigenvalue weighted by molar-refractivity contribution is 0.116. The summed E-state index contributed by atoms with van der Waals surface area (Å²) in [6.07, 6.45) is 4.82. The van der Waals surface area contributed by atoms with Crippen molar-refractivity contribution in [1.82, 2.24) is 19.9 Å². The van der Waals surface area contributed by atoms with Gasteiger partial charge in [-0.1, -0.05) is 17.7 Å². The van der Waals surface area contributed by atoms with E-state index in [1.165, 1.54) is 5.57 Å². The second-order valence-corrected chi connectivity index (χ2v) is 4.77. The number of fused-ring (bicyclic) bond motifs is 1. The molecule has 1 amide bonds. The molecule has 96 valence electrons. The zero-order chi connectivity index (χ0) is 12.7. The van der Waals surface area contributed by atoms with Crippen LogP contribution in [0.4, 0.5) is 4.79 Å². The molecule has 0 radical (unpaired) electrons. The molecule has 2 aliphatic rings. The first-order valence-corrected chi connectivity index (χ1v) is 6.23. The van der Waals surface area contributed by atoms with Gasteiger partial charge >= 0.3 is 6.09 Å². The summed E-state index contributed by atoms with van der Waals surface area (Å²) in [5.74, 6) is 0. The third-order valence-corrected chi connectivity index (χ3v) is 3.68. The molecule has 3 heterocycles. The summed E-state index contributed by atoms with van der Waals surface area (Å²) >= 11 is 0. The molecule has 1 aromatic rings. The van der Waals surface area contributed by atoms with Crippen LogP contribution in [-0.4, -0.2) is 38.1 Å². The molecule has 1 saturated heterocycles. The molecule has 2 unspecified atom stereocenters. The van der Waals surface area contributed by atoms with E-state index in [9.17, 15) is 4.79 Å². The Morgan fingerprint density at radius 2 is 2.39 bits per heavy atom. The van der Waals surface area contributed by atoms with Gasteiger partial charge in [0.15, 0.2) is 0 Å². The van der Waals surface area contributed by atoms with Gasteiger partial charge in [-0.3, -0.25) is 4.90 Å². The van der Waals surface area contributed by atoms with Crippen LogP contribution in [-0.2, 0) is 11.3 Å². The summed E-state index contributed by atoms with van der Waals surface area (Å²) in [7, 11) is 0. The van der Waals surface area contributed by atoms with Gasteiger partial charge in [0.1, 0.15) is 6.10 Å². The second kappa shape index (κ2) is 4.12. The van der Waals surface area contributed by atoms with E-state index in [4.69, 9.17) is 4.74 Å². The van der Waals surface area contributed by atoms with Crippen LogP contribution < -0.4 is 0 Å². The summed E-state index contributed by atoms with van der Waals surface area (Å²) < 4.78 is 7.16. The lowest BCUT2D eigenvalue weighted by Gasteiger charge is -2.18. The fraction of sp³-hybridized carbons (Fsp3) is 0.583. The Labute approximate surface area is 105 Å². The molecule has 2 atom stereocenters. The number of ether oxygens (including phenoxy) is 1. The Morgan fingerprint density at radius 3 is 3.06 bits per heavy atom. The van der Waals surface area contributed by atoms with Crippen LogP contribution in [0.1, 0.15) is 26.7 Å². The van der Waals surface area contributed by atoms with Crippen molar-refractivity contribution in [3.63, 3.8) is 0 Å². The molecule has 0 saturated carbocycles. The Kier molecular flexibility index (Phi) is 2.57. The zero-order valence-corrected chi connectivity index (χ0v) is 10.5. The van der Waals surface area contributed by atoms with E-state index < -0.39 is 0 Å². The van der Waals surface area contributed by atoms with E-state index in [0.717, 1.165) is 18.5 Å². The lowest BCUT2D eigenvalue weighted by atomic mass is 10.1. The van der Waals surface area contributed by atoms with Crippen LogP contribution in [0.5, 0.6) is 0 Å². The number of aromatic nitrogens is 3. The minimum Gasteiger partial charge on any atom is -0.442 e. The van der Waals surface area contributed by atoms with E-state index in [0.29, 0.717) is 6.54 Å². The van der Waals surface area contributed by atoms with E-state index in [2.05, 4.69) is 24.2 Å². The molecule has 0 N–H and O–H groups in total. The number of cyclic esters (lactones) is 1. The topological polar surface area (TPSA) is 60.2 Å². The highest BCUT2D eigenvalue weighted by Gasteiger charge is 2.47. The second-order valence-electron chi connectivity index (χ2n) is 4.77. The number of nitrogens with zero attached hydrogens (tertiary/aromatic N) is 4. The monoisotopic (exact) mass is 248 g/mol. The number of hydrogen-bond donors (Lipinski definition) is 0. The van der Waals surface area contributed by atoms with E-state index in [1.807, 2.05) is 4.90 Å². The molecular formula is C12H16N4O2. The summed E-state index contributed by atoms with van der Waals surface area (Å²) in [6, 6.07) is 0.122. The Morgan fingerprint density at radius 1 is 1.56 bits per heavy atom. The highest BCUT2D eigenvalue weighted by atomic mass is 16.6. The first-order chi connectivity index (χ1) is 8.70. The fourth-order valence-electron chi connectivity index (χ4n) is 2.88. The van der Waals surface area contributed by atoms with Gasteiger partial charge in [-0.25, -0.2) is 9.48 Å². The lowest BCUT2D eigenvalue weighted by Crippen LogP contribution is -2.33. The van der Waals surface area contributed by atoms with Crippen molar-refractivity contribution < 1.29 is 9.53 Å². The molecule has 0 aliphatic carbocycles. The maximum atomic E-state index is 11.9. The molecule has 1 fully saturated rings. The predicted octanol–water partition coefficient (Wildman–Crippen LogP) is 1.56. The Bertz CT molecular complexity index is 494. The quantitative estimate of drug-likeness (QED) is 0.814. The maximum Gasteiger partial charge on any atom is 0.414 e. The van der Waals surface area contributed by atoms with Crippen molar-refractivity contribution in [2.75, 3.05) is 0 Å². The molecular weight excluding hydrogens is 232 g/mol.